The molecule has 0 fully saturated rings. The minimum absolute atomic E-state index is 0.120. The lowest BCUT2D eigenvalue weighted by atomic mass is 10.0. The Morgan fingerprint density at radius 3 is 1.84 bits per heavy atom. The van der Waals surface area contributed by atoms with E-state index in [0.29, 0.717) is 12.2 Å². The number of phenols is 1. The van der Waals surface area contributed by atoms with Crippen LogP contribution in [0.1, 0.15) is 48.1 Å². The van der Waals surface area contributed by atoms with Crippen LogP contribution < -0.4 is 4.74 Å². The molecule has 0 aliphatic heterocycles. The van der Waals surface area contributed by atoms with E-state index in [9.17, 15) is 9.90 Å². The summed E-state index contributed by atoms with van der Waals surface area (Å²) in [7, 11) is 0. The highest BCUT2D eigenvalue weighted by Gasteiger charge is 2.11. The number of ether oxygens (including phenoxy) is 1. The first-order valence-corrected chi connectivity index (χ1v) is 8.58. The highest BCUT2D eigenvalue weighted by Crippen LogP contribution is 2.33. The van der Waals surface area contributed by atoms with E-state index in [1.807, 2.05) is 53.7 Å². The molecule has 0 unspecified atom stereocenters. The molecule has 2 rings (SSSR count). The first kappa shape index (κ1) is 20.6. The van der Waals surface area contributed by atoms with Gasteiger partial charge in [-0.05, 0) is 74.1 Å². The second kappa shape index (κ2) is 9.11. The number of aryl methyl sites for hydroxylation is 5. The maximum Gasteiger partial charge on any atom is 0.303 e. The van der Waals surface area contributed by atoms with Crippen LogP contribution in [0.15, 0.2) is 24.3 Å². The minimum Gasteiger partial charge on any atom is -0.507 e. The van der Waals surface area contributed by atoms with Gasteiger partial charge >= 0.3 is 5.97 Å². The van der Waals surface area contributed by atoms with Gasteiger partial charge in [-0.1, -0.05) is 26.0 Å². The molecule has 136 valence electrons. The molecule has 0 amide bonds. The maximum absolute atomic E-state index is 10.7. The van der Waals surface area contributed by atoms with Crippen LogP contribution >= 0.6 is 0 Å². The number of carbonyl (C=O) groups is 1. The fourth-order valence-corrected chi connectivity index (χ4v) is 2.69. The fraction of sp³-hybridized carbons (Fsp3) is 0.381. The quantitative estimate of drug-likeness (QED) is 0.755. The highest BCUT2D eigenvalue weighted by atomic mass is 16.5. The van der Waals surface area contributed by atoms with Crippen LogP contribution in [0.3, 0.4) is 0 Å². The molecule has 0 saturated carbocycles. The second-order valence-corrected chi connectivity index (χ2v) is 5.96. The van der Waals surface area contributed by atoms with Gasteiger partial charge in [0.1, 0.15) is 17.2 Å². The lowest BCUT2D eigenvalue weighted by Crippen LogP contribution is -1.99. The summed E-state index contributed by atoms with van der Waals surface area (Å²) < 4.78 is 6.01. The normalized spacial score (nSPS) is 10.0. The Balaban J connectivity index is 0.00000151. The number of benzene rings is 2. The number of rotatable bonds is 5. The van der Waals surface area contributed by atoms with Crippen molar-refractivity contribution in [2.75, 3.05) is 0 Å². The van der Waals surface area contributed by atoms with Crippen LogP contribution in [0.4, 0.5) is 0 Å². The average Bonchev–Trinajstić information content (AvgIpc) is 2.55. The Labute approximate surface area is 150 Å². The maximum atomic E-state index is 10.7. The molecule has 0 aliphatic carbocycles. The molecule has 0 atom stereocenters. The van der Waals surface area contributed by atoms with Crippen LogP contribution in [0.2, 0.25) is 0 Å². The van der Waals surface area contributed by atoms with Gasteiger partial charge in [0.15, 0.2) is 0 Å². The number of hydrogen-bond donors (Lipinski definition) is 2. The molecular formula is C21H28O4. The lowest BCUT2D eigenvalue weighted by Gasteiger charge is -2.15. The number of phenolic OH excluding ortho intramolecular Hbond substituents is 1. The molecule has 0 saturated heterocycles. The Hall–Kier alpha value is -2.49. The zero-order valence-corrected chi connectivity index (χ0v) is 15.9. The van der Waals surface area contributed by atoms with Crippen molar-refractivity contribution in [3.05, 3.63) is 52.1 Å². The van der Waals surface area contributed by atoms with Crippen molar-refractivity contribution >= 4 is 5.97 Å². The molecule has 4 heteroatoms. The van der Waals surface area contributed by atoms with E-state index in [1.165, 1.54) is 0 Å². The molecule has 0 radical (unpaired) electrons. The number of carboxylic acid groups (broad SMARTS) is 1. The first-order valence-electron chi connectivity index (χ1n) is 8.58. The van der Waals surface area contributed by atoms with Gasteiger partial charge in [0.25, 0.3) is 0 Å². The number of hydrogen-bond acceptors (Lipinski definition) is 3. The van der Waals surface area contributed by atoms with Crippen LogP contribution in [0.25, 0.3) is 0 Å². The summed E-state index contributed by atoms with van der Waals surface area (Å²) >= 11 is 0. The summed E-state index contributed by atoms with van der Waals surface area (Å²) in [6, 6.07) is 7.54. The largest absolute Gasteiger partial charge is 0.507 e. The molecule has 2 N–H and O–H groups in total. The van der Waals surface area contributed by atoms with E-state index >= 15 is 0 Å². The third-order valence-corrected chi connectivity index (χ3v) is 3.83. The van der Waals surface area contributed by atoms with Crippen molar-refractivity contribution in [1.82, 2.24) is 0 Å². The molecule has 4 nitrogen and oxygen atoms in total. The van der Waals surface area contributed by atoms with Crippen molar-refractivity contribution in [2.45, 2.75) is 54.4 Å². The van der Waals surface area contributed by atoms with Crippen LogP contribution in [-0.4, -0.2) is 16.2 Å². The average molecular weight is 344 g/mol. The van der Waals surface area contributed by atoms with Crippen molar-refractivity contribution in [3.8, 4) is 17.2 Å². The van der Waals surface area contributed by atoms with Gasteiger partial charge in [-0.2, -0.15) is 0 Å². The topological polar surface area (TPSA) is 66.8 Å². The lowest BCUT2D eigenvalue weighted by molar-refractivity contribution is -0.136. The van der Waals surface area contributed by atoms with E-state index in [1.54, 1.807) is 12.1 Å². The Morgan fingerprint density at radius 2 is 1.40 bits per heavy atom. The Kier molecular flexibility index (Phi) is 7.49. The number of aromatic hydroxyl groups is 1. The third kappa shape index (κ3) is 5.52. The van der Waals surface area contributed by atoms with E-state index in [0.717, 1.165) is 33.6 Å². The Morgan fingerprint density at radius 1 is 0.920 bits per heavy atom. The van der Waals surface area contributed by atoms with Crippen molar-refractivity contribution < 1.29 is 19.7 Å². The summed E-state index contributed by atoms with van der Waals surface area (Å²) in [5.74, 6) is 0.946. The van der Waals surface area contributed by atoms with Crippen LogP contribution in [-0.2, 0) is 11.2 Å². The van der Waals surface area contributed by atoms with Crippen molar-refractivity contribution in [3.63, 3.8) is 0 Å². The summed E-state index contributed by atoms with van der Waals surface area (Å²) in [5.41, 5.74) is 4.47. The standard InChI is InChI=1S/C19H22O4.C2H6/c1-11-9-16(10-12(2)18(11)22)23-19-13(3)7-15(8-14(19)4)5-6-17(20)21;1-2/h7-10,22H,5-6H2,1-4H3,(H,20,21);1-2H3. The predicted octanol–water partition coefficient (Wildman–Crippen LogP) is 5.46. The summed E-state index contributed by atoms with van der Waals surface area (Å²) in [4.78, 5) is 10.7. The van der Waals surface area contributed by atoms with Gasteiger partial charge in [-0.3, -0.25) is 4.79 Å². The summed E-state index contributed by atoms with van der Waals surface area (Å²) in [6.45, 7) is 11.6. The van der Waals surface area contributed by atoms with Crippen LogP contribution in [0, 0.1) is 27.7 Å². The number of aliphatic carboxylic acids is 1. The summed E-state index contributed by atoms with van der Waals surface area (Å²) in [6.07, 6.45) is 0.629. The zero-order valence-electron chi connectivity index (χ0n) is 15.9. The van der Waals surface area contributed by atoms with Gasteiger partial charge in [0.2, 0.25) is 0 Å². The second-order valence-electron chi connectivity index (χ2n) is 5.96. The molecule has 0 aromatic heterocycles. The van der Waals surface area contributed by atoms with Gasteiger partial charge in [0.05, 0.1) is 0 Å². The first-order chi connectivity index (χ1) is 11.8. The zero-order chi connectivity index (χ0) is 19.1. The molecule has 0 heterocycles. The molecule has 0 spiro atoms. The van der Waals surface area contributed by atoms with E-state index < -0.39 is 5.97 Å². The third-order valence-electron chi connectivity index (χ3n) is 3.83. The van der Waals surface area contributed by atoms with Gasteiger partial charge in [-0.15, -0.1) is 0 Å². The molecule has 2 aromatic rings. The smallest absolute Gasteiger partial charge is 0.303 e. The molecule has 25 heavy (non-hydrogen) atoms. The summed E-state index contributed by atoms with van der Waals surface area (Å²) in [5, 5.41) is 18.6. The highest BCUT2D eigenvalue weighted by molar-refractivity contribution is 5.67. The number of carboxylic acids is 1. The molecule has 0 aliphatic rings. The van der Waals surface area contributed by atoms with E-state index in [2.05, 4.69) is 0 Å². The Bertz CT molecular complexity index is 702. The monoisotopic (exact) mass is 344 g/mol. The van der Waals surface area contributed by atoms with Gasteiger partial charge in [0, 0.05) is 6.42 Å². The van der Waals surface area contributed by atoms with Crippen molar-refractivity contribution in [1.29, 1.82) is 0 Å². The van der Waals surface area contributed by atoms with Crippen molar-refractivity contribution in [2.24, 2.45) is 0 Å². The van der Waals surface area contributed by atoms with E-state index in [4.69, 9.17) is 9.84 Å². The molecule has 2 aromatic carbocycles. The van der Waals surface area contributed by atoms with Gasteiger partial charge < -0.3 is 14.9 Å². The SMILES string of the molecule is CC.Cc1cc(Oc2c(C)cc(CCC(=O)O)cc2C)cc(C)c1O. The molecule has 0 bridgehead atoms. The predicted molar refractivity (Wildman–Crippen MR) is 101 cm³/mol. The minimum atomic E-state index is -0.796. The fourth-order valence-electron chi connectivity index (χ4n) is 2.69. The molecular weight excluding hydrogens is 316 g/mol. The van der Waals surface area contributed by atoms with E-state index in [-0.39, 0.29) is 12.2 Å². The van der Waals surface area contributed by atoms with Crippen LogP contribution in [0.5, 0.6) is 17.2 Å². The van der Waals surface area contributed by atoms with Gasteiger partial charge in [-0.25, -0.2) is 0 Å².